The Labute approximate surface area is 334 Å². The maximum absolute atomic E-state index is 15.0. The molecule has 10 rings (SSSR count). The number of hydrogen-bond donors (Lipinski definition) is 7. The van der Waals surface area contributed by atoms with Crippen LogP contribution in [0.15, 0.2) is 66.7 Å². The van der Waals surface area contributed by atoms with Crippen LogP contribution in [0, 0.1) is 52.8 Å². The molecule has 298 valence electrons. The average molecular weight is 771 g/mol. The number of aliphatic hydroxyl groups excluding tert-OH is 1. The largest absolute Gasteiger partial charge is 0.504 e. The van der Waals surface area contributed by atoms with Crippen molar-refractivity contribution in [3.8, 4) is 34.8 Å². The highest BCUT2D eigenvalue weighted by atomic mass is 16.5. The number of ketones is 1. The van der Waals surface area contributed by atoms with Crippen molar-refractivity contribution in [2.45, 2.75) is 86.4 Å². The number of benzene rings is 3. The number of phenols is 3. The summed E-state index contributed by atoms with van der Waals surface area (Å²) in [4.78, 5) is 15.0. The summed E-state index contributed by atoms with van der Waals surface area (Å²) in [6.45, 7) is 1.08. The van der Waals surface area contributed by atoms with Gasteiger partial charge in [0.25, 0.3) is 0 Å². The number of rotatable bonds is 7. The van der Waals surface area contributed by atoms with Crippen molar-refractivity contribution in [3.05, 3.63) is 94.6 Å². The SMILES string of the molecule is CNCC1CC2CCC34NCC5C#CC(Cc6ccccc6)C(c6cc(OC)c(O)cc6CO)CC(=O)CC6(O)CC3C=CC23CC1c1cc(O)c(O)cc1C34C56. The lowest BCUT2D eigenvalue weighted by molar-refractivity contribution is -0.252. The van der Waals surface area contributed by atoms with Crippen LogP contribution in [-0.4, -0.2) is 69.7 Å². The van der Waals surface area contributed by atoms with Gasteiger partial charge in [0.05, 0.1) is 19.3 Å². The fourth-order valence-corrected chi connectivity index (χ4v) is 14.6. The molecule has 9 nitrogen and oxygen atoms in total. The molecule has 0 aromatic heterocycles. The van der Waals surface area contributed by atoms with E-state index in [2.05, 4.69) is 46.8 Å². The van der Waals surface area contributed by atoms with Crippen LogP contribution in [0.3, 0.4) is 0 Å². The Hall–Kier alpha value is -4.33. The Bertz CT molecular complexity index is 2230. The fourth-order valence-electron chi connectivity index (χ4n) is 14.6. The number of nitrogens with one attached hydrogen (secondary N) is 2. The van der Waals surface area contributed by atoms with Crippen molar-refractivity contribution in [3.63, 3.8) is 0 Å². The summed E-state index contributed by atoms with van der Waals surface area (Å²) in [6, 6.07) is 17.0. The molecular formula is C48H54N2O7. The summed E-state index contributed by atoms with van der Waals surface area (Å²) in [5.74, 6) is 6.66. The molecule has 7 N–H and O–H groups in total. The molecule has 12 unspecified atom stereocenters. The molecule has 7 aliphatic rings. The second-order valence-corrected chi connectivity index (χ2v) is 18.6. The van der Waals surface area contributed by atoms with Gasteiger partial charge in [-0.15, -0.1) is 0 Å². The van der Waals surface area contributed by atoms with E-state index in [0.29, 0.717) is 42.3 Å². The summed E-state index contributed by atoms with van der Waals surface area (Å²) in [5.41, 5.74) is 1.49. The lowest BCUT2D eigenvalue weighted by Gasteiger charge is -2.81. The molecule has 3 aromatic carbocycles. The highest BCUT2D eigenvalue weighted by molar-refractivity contribution is 5.81. The molecule has 3 aromatic rings. The molecule has 0 radical (unpaired) electrons. The lowest BCUT2D eigenvalue weighted by Crippen LogP contribution is -2.88. The number of phenolic OH excluding ortho intramolecular Hbond substituents is 3. The summed E-state index contributed by atoms with van der Waals surface area (Å²) < 4.78 is 5.55. The highest BCUT2D eigenvalue weighted by Gasteiger charge is 2.83. The standard InChI is InChI=1S/C48H54N2O7/c1-49-24-30-15-32-11-13-47-33-10-12-45(32)23-38(30)37-18-40(53)41(54)20-39(37)48(45,47)44-29(25-50-47)9-8-28(14-27-6-4-3-5-7-27)35(17-34(52)22-46(44,56)21-33)36-19-43(57-2)42(55)16-31(36)26-51/h3-7,10,12,16,18-20,28-30,32-33,35,38,44,49-51,53-56H,11,13-15,17,21-26H2,1-2H3. The maximum Gasteiger partial charge on any atom is 0.160 e. The summed E-state index contributed by atoms with van der Waals surface area (Å²) >= 11 is 0. The van der Waals surface area contributed by atoms with Gasteiger partial charge in [-0.3, -0.25) is 4.79 Å². The molecule has 9 heteroatoms. The zero-order valence-electron chi connectivity index (χ0n) is 32.8. The second kappa shape index (κ2) is 13.1. The van der Waals surface area contributed by atoms with Crippen LogP contribution >= 0.6 is 0 Å². The zero-order chi connectivity index (χ0) is 39.5. The number of piperidine rings is 1. The van der Waals surface area contributed by atoms with Crippen LogP contribution in [-0.2, 0) is 23.2 Å². The van der Waals surface area contributed by atoms with Gasteiger partial charge < -0.3 is 40.9 Å². The Morgan fingerprint density at radius 1 is 0.982 bits per heavy atom. The van der Waals surface area contributed by atoms with Crippen LogP contribution < -0.4 is 15.4 Å². The van der Waals surface area contributed by atoms with E-state index < -0.39 is 28.4 Å². The predicted octanol–water partition coefficient (Wildman–Crippen LogP) is 5.57. The summed E-state index contributed by atoms with van der Waals surface area (Å²) in [5, 5.41) is 65.2. The van der Waals surface area contributed by atoms with Gasteiger partial charge >= 0.3 is 0 Å². The Kier molecular flexibility index (Phi) is 8.49. The minimum Gasteiger partial charge on any atom is -0.504 e. The van der Waals surface area contributed by atoms with Crippen molar-refractivity contribution < 1.29 is 35.1 Å². The topological polar surface area (TPSA) is 152 Å². The maximum atomic E-state index is 15.0. The molecule has 1 saturated heterocycles. The van der Waals surface area contributed by atoms with Gasteiger partial charge in [-0.05, 0) is 128 Å². The van der Waals surface area contributed by atoms with E-state index in [1.165, 1.54) is 13.2 Å². The average Bonchev–Trinajstić information content (AvgIpc) is 3.19. The third-order valence-electron chi connectivity index (χ3n) is 16.3. The van der Waals surface area contributed by atoms with E-state index in [1.807, 2.05) is 37.4 Å². The third-order valence-corrected chi connectivity index (χ3v) is 16.3. The summed E-state index contributed by atoms with van der Waals surface area (Å²) in [6.07, 6.45) is 9.79. The number of aliphatic hydroxyl groups is 2. The van der Waals surface area contributed by atoms with Crippen molar-refractivity contribution >= 4 is 5.78 Å². The Morgan fingerprint density at radius 2 is 1.79 bits per heavy atom. The summed E-state index contributed by atoms with van der Waals surface area (Å²) in [7, 11) is 3.49. The molecule has 0 amide bonds. The first-order valence-corrected chi connectivity index (χ1v) is 21.0. The van der Waals surface area contributed by atoms with Gasteiger partial charge in [0, 0.05) is 59.4 Å². The van der Waals surface area contributed by atoms with Gasteiger partial charge in [0.2, 0.25) is 0 Å². The number of carbonyl (C=O) groups excluding carboxylic acids is 1. The minimum atomic E-state index is -1.41. The van der Waals surface area contributed by atoms with Crippen molar-refractivity contribution in [2.24, 2.45) is 40.9 Å². The van der Waals surface area contributed by atoms with Gasteiger partial charge in [0.1, 0.15) is 5.78 Å². The number of hydrogen-bond acceptors (Lipinski definition) is 9. The number of methoxy groups -OCH3 is 1. The monoisotopic (exact) mass is 770 g/mol. The quantitative estimate of drug-likeness (QED) is 0.0930. The highest BCUT2D eigenvalue weighted by Crippen LogP contribution is 2.81. The number of allylic oxidation sites excluding steroid dienone is 1. The van der Waals surface area contributed by atoms with Gasteiger partial charge in [0.15, 0.2) is 23.0 Å². The molecule has 12 atom stereocenters. The molecule has 57 heavy (non-hydrogen) atoms. The fraction of sp³-hybridized carbons (Fsp3) is 0.521. The predicted molar refractivity (Wildman–Crippen MR) is 215 cm³/mol. The number of ether oxygens (including phenoxy) is 1. The number of aromatic hydroxyl groups is 3. The lowest BCUT2D eigenvalue weighted by atomic mass is 9.24. The van der Waals surface area contributed by atoms with Crippen LogP contribution in [0.5, 0.6) is 23.0 Å². The van der Waals surface area contributed by atoms with E-state index >= 15 is 4.79 Å². The van der Waals surface area contributed by atoms with E-state index in [1.54, 1.807) is 6.07 Å². The smallest absolute Gasteiger partial charge is 0.160 e. The molecule has 3 saturated carbocycles. The molecule has 1 heterocycles. The molecule has 1 aliphatic heterocycles. The van der Waals surface area contributed by atoms with Crippen molar-refractivity contribution in [2.75, 3.05) is 27.2 Å². The van der Waals surface area contributed by atoms with Gasteiger partial charge in [-0.25, -0.2) is 0 Å². The molecule has 2 spiro atoms. The second-order valence-electron chi connectivity index (χ2n) is 18.6. The van der Waals surface area contributed by atoms with E-state index in [4.69, 9.17) is 4.74 Å². The van der Waals surface area contributed by atoms with Gasteiger partial charge in [-0.2, -0.15) is 0 Å². The van der Waals surface area contributed by atoms with E-state index in [9.17, 15) is 25.5 Å². The first kappa shape index (κ1) is 37.0. The van der Waals surface area contributed by atoms with Crippen molar-refractivity contribution in [1.82, 2.24) is 10.6 Å². The molecule has 6 bridgehead atoms. The third kappa shape index (κ3) is 4.94. The number of Topliss-reactive ketones (excluding diaryl/α,β-unsaturated/α-hetero) is 1. The van der Waals surface area contributed by atoms with Crippen LogP contribution in [0.25, 0.3) is 0 Å². The Balaban J connectivity index is 1.21. The number of fused-ring (bicyclic) bond motifs is 3. The normalized spacial score (nSPS) is 39.3. The van der Waals surface area contributed by atoms with Crippen LogP contribution in [0.4, 0.5) is 0 Å². The van der Waals surface area contributed by atoms with Crippen LogP contribution in [0.1, 0.15) is 84.6 Å². The van der Waals surface area contributed by atoms with Crippen LogP contribution in [0.2, 0.25) is 0 Å². The first-order chi connectivity index (χ1) is 27.5. The van der Waals surface area contributed by atoms with Crippen molar-refractivity contribution in [1.29, 1.82) is 0 Å². The Morgan fingerprint density at radius 3 is 2.56 bits per heavy atom. The molecule has 6 aliphatic carbocycles. The first-order valence-electron chi connectivity index (χ1n) is 21.0. The molecular weight excluding hydrogens is 717 g/mol. The van der Waals surface area contributed by atoms with E-state index in [0.717, 1.165) is 48.9 Å². The van der Waals surface area contributed by atoms with E-state index in [-0.39, 0.29) is 77.3 Å². The minimum absolute atomic E-state index is 0.0395. The van der Waals surface area contributed by atoms with Gasteiger partial charge in [-0.1, -0.05) is 54.3 Å². The number of carbonyl (C=O) groups is 1. The zero-order valence-corrected chi connectivity index (χ0v) is 32.8. The molecule has 4 fully saturated rings.